The van der Waals surface area contributed by atoms with Gasteiger partial charge < -0.3 is 5.32 Å². The lowest BCUT2D eigenvalue weighted by atomic mass is 10.5. The minimum absolute atomic E-state index is 0.696. The lowest BCUT2D eigenvalue weighted by Crippen LogP contribution is -2.02. The van der Waals surface area contributed by atoms with Crippen LogP contribution in [0.4, 0.5) is 5.82 Å². The lowest BCUT2D eigenvalue weighted by molar-refractivity contribution is 1.00. The highest BCUT2D eigenvalue weighted by molar-refractivity contribution is 9.10. The summed E-state index contributed by atoms with van der Waals surface area (Å²) in [5.41, 5.74) is 0. The molecular weight excluding hydrogens is 288 g/mol. The van der Waals surface area contributed by atoms with Gasteiger partial charge in [-0.15, -0.1) is 11.3 Å². The van der Waals surface area contributed by atoms with Crippen molar-refractivity contribution in [3.05, 3.63) is 32.6 Å². The van der Waals surface area contributed by atoms with Gasteiger partial charge in [-0.25, -0.2) is 15.0 Å². The van der Waals surface area contributed by atoms with Crippen LogP contribution in [-0.2, 0) is 6.54 Å². The highest BCUT2D eigenvalue weighted by Gasteiger charge is 2.01. The summed E-state index contributed by atoms with van der Waals surface area (Å²) >= 11 is 5.03. The highest BCUT2D eigenvalue weighted by Crippen LogP contribution is 2.15. The number of aromatic nitrogens is 3. The summed E-state index contributed by atoms with van der Waals surface area (Å²) in [6.07, 6.45) is 1.88. The van der Waals surface area contributed by atoms with Gasteiger partial charge in [-0.1, -0.05) is 0 Å². The minimum Gasteiger partial charge on any atom is -0.363 e. The SMILES string of the molecule is Cc1nc(Br)cc(NCc2ncc(C)s2)n1. The Morgan fingerprint density at radius 1 is 1.38 bits per heavy atom. The third kappa shape index (κ3) is 2.99. The van der Waals surface area contributed by atoms with E-state index < -0.39 is 0 Å². The summed E-state index contributed by atoms with van der Waals surface area (Å²) in [5, 5.41) is 4.28. The van der Waals surface area contributed by atoms with E-state index >= 15 is 0 Å². The second-order valence-corrected chi connectivity index (χ2v) is 5.47. The highest BCUT2D eigenvalue weighted by atomic mass is 79.9. The van der Waals surface area contributed by atoms with Crippen LogP contribution in [0.3, 0.4) is 0 Å². The van der Waals surface area contributed by atoms with Crippen molar-refractivity contribution in [2.45, 2.75) is 20.4 Å². The zero-order valence-electron chi connectivity index (χ0n) is 8.99. The molecule has 0 radical (unpaired) electrons. The molecule has 0 saturated carbocycles. The Morgan fingerprint density at radius 2 is 2.19 bits per heavy atom. The maximum atomic E-state index is 4.28. The Kier molecular flexibility index (Phi) is 3.50. The first-order valence-electron chi connectivity index (χ1n) is 4.80. The van der Waals surface area contributed by atoms with E-state index in [2.05, 4.69) is 36.2 Å². The van der Waals surface area contributed by atoms with Crippen LogP contribution in [0.25, 0.3) is 0 Å². The normalized spacial score (nSPS) is 10.4. The second-order valence-electron chi connectivity index (χ2n) is 3.34. The third-order valence-corrected chi connectivity index (χ3v) is 3.22. The quantitative estimate of drug-likeness (QED) is 0.885. The van der Waals surface area contributed by atoms with Gasteiger partial charge >= 0.3 is 0 Å². The monoisotopic (exact) mass is 298 g/mol. The number of hydrogen-bond donors (Lipinski definition) is 1. The van der Waals surface area contributed by atoms with E-state index in [-0.39, 0.29) is 0 Å². The standard InChI is InChI=1S/C10H11BrN4S/c1-6-4-13-10(16-6)5-12-9-3-8(11)14-7(2)15-9/h3-4H,5H2,1-2H3,(H,12,14,15). The predicted molar refractivity (Wildman–Crippen MR) is 68.6 cm³/mol. The largest absolute Gasteiger partial charge is 0.363 e. The van der Waals surface area contributed by atoms with Crippen molar-refractivity contribution in [1.29, 1.82) is 0 Å². The third-order valence-electron chi connectivity index (χ3n) is 1.90. The van der Waals surface area contributed by atoms with Crippen molar-refractivity contribution in [3.8, 4) is 0 Å². The van der Waals surface area contributed by atoms with E-state index in [1.807, 2.05) is 26.1 Å². The van der Waals surface area contributed by atoms with Crippen molar-refractivity contribution in [2.24, 2.45) is 0 Å². The Morgan fingerprint density at radius 3 is 2.81 bits per heavy atom. The molecule has 84 valence electrons. The van der Waals surface area contributed by atoms with Crippen LogP contribution in [0.1, 0.15) is 15.7 Å². The van der Waals surface area contributed by atoms with E-state index in [0.717, 1.165) is 21.3 Å². The number of halogens is 1. The molecule has 0 saturated heterocycles. The van der Waals surface area contributed by atoms with E-state index in [0.29, 0.717) is 6.54 Å². The first kappa shape index (κ1) is 11.5. The molecule has 0 amide bonds. The molecule has 2 aromatic rings. The minimum atomic E-state index is 0.696. The van der Waals surface area contributed by atoms with Crippen molar-refractivity contribution in [3.63, 3.8) is 0 Å². The van der Waals surface area contributed by atoms with Crippen molar-refractivity contribution < 1.29 is 0 Å². The molecule has 0 unspecified atom stereocenters. The molecule has 0 aliphatic carbocycles. The Labute approximate surface area is 106 Å². The molecule has 0 bridgehead atoms. The molecule has 0 aliphatic heterocycles. The molecular formula is C10H11BrN4S. The second kappa shape index (κ2) is 4.88. The first-order chi connectivity index (χ1) is 7.63. The van der Waals surface area contributed by atoms with Crippen LogP contribution >= 0.6 is 27.3 Å². The summed E-state index contributed by atoms with van der Waals surface area (Å²) in [6, 6.07) is 1.85. The van der Waals surface area contributed by atoms with Gasteiger partial charge in [0.15, 0.2) is 0 Å². The van der Waals surface area contributed by atoms with E-state index in [1.165, 1.54) is 4.88 Å². The number of nitrogens with zero attached hydrogens (tertiary/aromatic N) is 3. The zero-order chi connectivity index (χ0) is 11.5. The van der Waals surface area contributed by atoms with Gasteiger partial charge in [0, 0.05) is 17.1 Å². The summed E-state index contributed by atoms with van der Waals surface area (Å²) in [4.78, 5) is 13.9. The van der Waals surface area contributed by atoms with Gasteiger partial charge in [-0.3, -0.25) is 0 Å². The number of aryl methyl sites for hydroxylation is 2. The van der Waals surface area contributed by atoms with Gasteiger partial charge in [0.1, 0.15) is 21.3 Å². The molecule has 0 fully saturated rings. The Balaban J connectivity index is 2.04. The smallest absolute Gasteiger partial charge is 0.131 e. The maximum absolute atomic E-state index is 4.28. The van der Waals surface area contributed by atoms with E-state index in [1.54, 1.807) is 11.3 Å². The summed E-state index contributed by atoms with van der Waals surface area (Å²) in [5.74, 6) is 1.56. The molecule has 4 nitrogen and oxygen atoms in total. The van der Waals surface area contributed by atoms with Crippen LogP contribution in [0, 0.1) is 13.8 Å². The summed E-state index contributed by atoms with van der Waals surface area (Å²) in [7, 11) is 0. The molecule has 0 atom stereocenters. The molecule has 0 aliphatic rings. The van der Waals surface area contributed by atoms with Gasteiger partial charge in [-0.2, -0.15) is 0 Å². The molecule has 0 spiro atoms. The molecule has 1 N–H and O–H groups in total. The van der Waals surface area contributed by atoms with Crippen LogP contribution in [0.15, 0.2) is 16.9 Å². The number of rotatable bonds is 3. The van der Waals surface area contributed by atoms with Gasteiger partial charge in [-0.05, 0) is 29.8 Å². The number of nitrogens with one attached hydrogen (secondary N) is 1. The topological polar surface area (TPSA) is 50.7 Å². The fourth-order valence-electron chi connectivity index (χ4n) is 1.27. The fraction of sp³-hybridized carbons (Fsp3) is 0.300. The molecule has 2 heterocycles. The zero-order valence-corrected chi connectivity index (χ0v) is 11.4. The molecule has 2 rings (SSSR count). The Bertz CT molecular complexity index is 477. The lowest BCUT2D eigenvalue weighted by Gasteiger charge is -2.04. The number of thiazole rings is 1. The first-order valence-corrected chi connectivity index (χ1v) is 6.41. The molecule has 16 heavy (non-hydrogen) atoms. The van der Waals surface area contributed by atoms with Gasteiger partial charge in [0.2, 0.25) is 0 Å². The number of hydrogen-bond acceptors (Lipinski definition) is 5. The maximum Gasteiger partial charge on any atom is 0.131 e. The van der Waals surface area contributed by atoms with Crippen molar-refractivity contribution in [1.82, 2.24) is 15.0 Å². The van der Waals surface area contributed by atoms with Crippen LogP contribution in [0.2, 0.25) is 0 Å². The summed E-state index contributed by atoms with van der Waals surface area (Å²) in [6.45, 7) is 4.61. The van der Waals surface area contributed by atoms with Crippen molar-refractivity contribution in [2.75, 3.05) is 5.32 Å². The molecule has 0 aromatic carbocycles. The van der Waals surface area contributed by atoms with Crippen LogP contribution < -0.4 is 5.32 Å². The number of anilines is 1. The molecule has 6 heteroatoms. The van der Waals surface area contributed by atoms with Crippen molar-refractivity contribution >= 4 is 33.1 Å². The van der Waals surface area contributed by atoms with Crippen LogP contribution in [-0.4, -0.2) is 15.0 Å². The predicted octanol–water partition coefficient (Wildman–Crippen LogP) is 2.92. The van der Waals surface area contributed by atoms with E-state index in [9.17, 15) is 0 Å². The van der Waals surface area contributed by atoms with Gasteiger partial charge in [0.25, 0.3) is 0 Å². The van der Waals surface area contributed by atoms with Gasteiger partial charge in [0.05, 0.1) is 6.54 Å². The molecule has 2 aromatic heterocycles. The average molecular weight is 299 g/mol. The van der Waals surface area contributed by atoms with E-state index in [4.69, 9.17) is 0 Å². The summed E-state index contributed by atoms with van der Waals surface area (Å²) < 4.78 is 0.790. The Hall–Kier alpha value is -1.01. The fourth-order valence-corrected chi connectivity index (χ4v) is 2.47. The average Bonchev–Trinajstić information content (AvgIpc) is 2.60. The van der Waals surface area contributed by atoms with Crippen LogP contribution in [0.5, 0.6) is 0 Å².